The average molecular weight is 1100 g/mol. The lowest BCUT2D eigenvalue weighted by atomic mass is 9.92. The van der Waals surface area contributed by atoms with E-state index in [9.17, 15) is 10.5 Å². The maximum Gasteiger partial charge on any atom is 0.263 e. The number of nitriles is 2. The molecule has 0 saturated carbocycles. The molecule has 414 valence electrons. The maximum atomic E-state index is 15.7. The second-order valence-electron chi connectivity index (χ2n) is 22.4. The Bertz CT molecular complexity index is 3170. The van der Waals surface area contributed by atoms with Gasteiger partial charge in [-0.3, -0.25) is 28.3 Å². The molecule has 2 unspecified atom stereocenters. The van der Waals surface area contributed by atoms with Crippen LogP contribution in [0.5, 0.6) is 0 Å². The molecule has 0 saturated heterocycles. The van der Waals surface area contributed by atoms with Gasteiger partial charge in [0.25, 0.3) is 22.2 Å². The third kappa shape index (κ3) is 14.9. The molecule has 77 heavy (non-hydrogen) atoms. The molecule has 0 amide bonds. The molecular weight excluding hydrogens is 1010 g/mol. The molecule has 0 aliphatic rings. The summed E-state index contributed by atoms with van der Waals surface area (Å²) in [7, 11) is 0. The van der Waals surface area contributed by atoms with E-state index in [2.05, 4.69) is 39.8 Å². The first-order valence-corrected chi connectivity index (χ1v) is 32.9. The summed E-state index contributed by atoms with van der Waals surface area (Å²) in [5.74, 6) is 0.192. The van der Waals surface area contributed by atoms with Gasteiger partial charge in [0, 0.05) is 29.4 Å². The third-order valence-corrected chi connectivity index (χ3v) is 20.2. The van der Waals surface area contributed by atoms with E-state index in [1.165, 1.54) is 172 Å². The Kier molecular flexibility index (Phi) is 24.2. The van der Waals surface area contributed by atoms with E-state index in [4.69, 9.17) is 4.98 Å². The summed E-state index contributed by atoms with van der Waals surface area (Å²) in [6.45, 7) is 9.47. The van der Waals surface area contributed by atoms with Gasteiger partial charge in [-0.1, -0.05) is 238 Å². The Morgan fingerprint density at radius 2 is 0.779 bits per heavy atom. The van der Waals surface area contributed by atoms with Gasteiger partial charge in [0.05, 0.1) is 41.2 Å². The number of fused-ring (bicyclic) bond motifs is 6. The maximum absolute atomic E-state index is 15.7. The van der Waals surface area contributed by atoms with Gasteiger partial charge in [0.2, 0.25) is 0 Å². The number of unbranched alkanes of at least 4 members (excludes halogenated alkanes) is 24. The van der Waals surface area contributed by atoms with Crippen LogP contribution in [0.15, 0.2) is 49.5 Å². The van der Waals surface area contributed by atoms with Crippen LogP contribution in [0.3, 0.4) is 0 Å². The minimum atomic E-state index is -0.450. The predicted octanol–water partition coefficient (Wildman–Crippen LogP) is 17.9. The number of pyridine rings is 2. The fourth-order valence-electron chi connectivity index (χ4n) is 12.0. The zero-order valence-corrected chi connectivity index (χ0v) is 49.6. The SMILES string of the molecule is CCCCCCCCCCC(CCCCCCCC)Cn1c(=O)c2c3nc(-c4ccccc4)sc3c3c(=O)n(CC(CCCCCCCC)CCCCCCCCCC)c(=O)c4c5sc(=C(C#N)C#N)sc5c(c1=O)c2c34. The van der Waals surface area contributed by atoms with E-state index >= 15 is 19.2 Å². The van der Waals surface area contributed by atoms with Crippen molar-refractivity contribution in [3.63, 3.8) is 0 Å². The Morgan fingerprint density at radius 1 is 0.442 bits per heavy atom. The van der Waals surface area contributed by atoms with Gasteiger partial charge < -0.3 is 0 Å². The van der Waals surface area contributed by atoms with E-state index in [1.807, 2.05) is 30.3 Å². The van der Waals surface area contributed by atoms with Crippen LogP contribution in [0.4, 0.5) is 0 Å². The second kappa shape index (κ2) is 31.1. The summed E-state index contributed by atoms with van der Waals surface area (Å²) in [5, 5.41) is 22.9. The molecule has 0 bridgehead atoms. The summed E-state index contributed by atoms with van der Waals surface area (Å²) in [6.07, 6.45) is 36.7. The molecule has 7 rings (SSSR count). The number of nitrogens with zero attached hydrogens (tertiary/aromatic N) is 5. The topological polar surface area (TPSA) is 139 Å². The van der Waals surface area contributed by atoms with Crippen LogP contribution in [0.2, 0.25) is 0 Å². The van der Waals surface area contributed by atoms with E-state index in [-0.39, 0.29) is 46.7 Å². The number of hydrogen-bond acceptors (Lipinski definition) is 10. The lowest BCUT2D eigenvalue weighted by molar-refractivity contribution is 0.350. The molecule has 2 atom stereocenters. The zero-order valence-electron chi connectivity index (χ0n) is 47.2. The van der Waals surface area contributed by atoms with Crippen LogP contribution >= 0.6 is 34.0 Å². The molecular formula is C65H87N5O4S3. The van der Waals surface area contributed by atoms with Gasteiger partial charge in [-0.25, -0.2) is 4.98 Å². The molecule has 4 aromatic heterocycles. The Hall–Kier alpha value is -4.75. The van der Waals surface area contributed by atoms with Crippen molar-refractivity contribution < 1.29 is 0 Å². The third-order valence-electron chi connectivity index (χ3n) is 16.4. The highest BCUT2D eigenvalue weighted by atomic mass is 32.2. The quantitative estimate of drug-likeness (QED) is 0.0279. The molecule has 0 fully saturated rings. The van der Waals surface area contributed by atoms with Gasteiger partial charge in [0.1, 0.15) is 21.0 Å². The van der Waals surface area contributed by atoms with Crippen LogP contribution < -0.4 is 26.1 Å². The molecule has 9 nitrogen and oxygen atoms in total. The summed E-state index contributed by atoms with van der Waals surface area (Å²) in [5.41, 5.74) is -0.610. The minimum Gasteiger partial charge on any atom is -0.274 e. The number of thiazole rings is 1. The van der Waals surface area contributed by atoms with Crippen molar-refractivity contribution in [1.82, 2.24) is 14.1 Å². The van der Waals surface area contributed by atoms with Crippen LogP contribution in [0, 0.1) is 34.5 Å². The number of benzene rings is 3. The molecule has 12 heteroatoms. The van der Waals surface area contributed by atoms with Crippen molar-refractivity contribution in [3.8, 4) is 22.7 Å². The number of hydrogen-bond donors (Lipinski definition) is 0. The fourth-order valence-corrected chi connectivity index (χ4v) is 15.8. The first-order valence-electron chi connectivity index (χ1n) is 30.4. The first kappa shape index (κ1) is 59.9. The zero-order chi connectivity index (χ0) is 54.5. The first-order chi connectivity index (χ1) is 37.7. The van der Waals surface area contributed by atoms with E-state index in [0.29, 0.717) is 44.6 Å². The van der Waals surface area contributed by atoms with Crippen molar-refractivity contribution >= 4 is 91.5 Å². The minimum absolute atomic E-state index is 0.0931. The van der Waals surface area contributed by atoms with Crippen LogP contribution in [0.25, 0.3) is 68.1 Å². The molecule has 0 aliphatic carbocycles. The van der Waals surface area contributed by atoms with Gasteiger partial charge >= 0.3 is 0 Å². The van der Waals surface area contributed by atoms with Crippen LogP contribution in [0.1, 0.15) is 233 Å². The fraction of sp³-hybridized carbons (Fsp3) is 0.615. The highest BCUT2D eigenvalue weighted by Gasteiger charge is 2.31. The summed E-state index contributed by atoms with van der Waals surface area (Å²) >= 11 is 3.71. The van der Waals surface area contributed by atoms with Crippen molar-refractivity contribution in [2.24, 2.45) is 11.8 Å². The number of aromatic nitrogens is 3. The molecule has 3 aromatic carbocycles. The lowest BCUT2D eigenvalue weighted by Gasteiger charge is -2.21. The molecule has 4 heterocycles. The monoisotopic (exact) mass is 1100 g/mol. The van der Waals surface area contributed by atoms with Gasteiger partial charge in [-0.2, -0.15) is 10.5 Å². The van der Waals surface area contributed by atoms with Crippen molar-refractivity contribution in [2.75, 3.05) is 0 Å². The highest BCUT2D eigenvalue weighted by molar-refractivity contribution is 7.37. The summed E-state index contributed by atoms with van der Waals surface area (Å²) in [6, 6.07) is 14.0. The van der Waals surface area contributed by atoms with E-state index in [0.717, 1.165) is 82.6 Å². The molecule has 0 N–H and O–H groups in total. The standard InChI is InChI=1S/C65H87N5O4S3/c1-5-9-13-17-21-23-27-32-38-46(36-30-25-19-15-11-7-3)44-69-61(71)52-50-51-53(57-56(52)68-60(75-57)48-40-34-29-35-41-48)62(72)70(45-47(37-31-26-20-16-12-8-4)39-33-28-24-22-18-14-10-6-2)64(74)55(51)59-58(54(50)63(69)73)76-65(77-59)49(42-66)43-67/h29,34-35,40-41,46-47H,5-28,30-33,36-39,44-45H2,1-4H3. The van der Waals surface area contributed by atoms with Crippen LogP contribution in [-0.2, 0) is 13.1 Å². The molecule has 0 radical (unpaired) electrons. The highest BCUT2D eigenvalue weighted by Crippen LogP contribution is 2.45. The lowest BCUT2D eigenvalue weighted by Crippen LogP contribution is -2.38. The predicted molar refractivity (Wildman–Crippen MR) is 330 cm³/mol. The summed E-state index contributed by atoms with van der Waals surface area (Å²) < 4.78 is 4.81. The normalized spacial score (nSPS) is 12.7. The van der Waals surface area contributed by atoms with E-state index < -0.39 is 22.2 Å². The van der Waals surface area contributed by atoms with Crippen molar-refractivity contribution in [2.45, 2.75) is 246 Å². The summed E-state index contributed by atoms with van der Waals surface area (Å²) in [4.78, 5) is 68.0. The Morgan fingerprint density at radius 3 is 1.16 bits per heavy atom. The van der Waals surface area contributed by atoms with E-state index in [1.54, 1.807) is 0 Å². The average Bonchev–Trinajstić information content (AvgIpc) is 4.26. The largest absolute Gasteiger partial charge is 0.274 e. The molecule has 0 spiro atoms. The number of rotatable bonds is 37. The van der Waals surface area contributed by atoms with Crippen molar-refractivity contribution in [1.29, 1.82) is 10.5 Å². The Labute approximate surface area is 469 Å². The van der Waals surface area contributed by atoms with Gasteiger partial charge in [0.15, 0.2) is 5.57 Å². The Balaban J connectivity index is 1.43. The van der Waals surface area contributed by atoms with Crippen molar-refractivity contribution in [3.05, 3.63) is 75.6 Å². The van der Waals surface area contributed by atoms with Gasteiger partial charge in [-0.15, -0.1) is 34.0 Å². The second-order valence-corrected chi connectivity index (χ2v) is 25.7. The van der Waals surface area contributed by atoms with Crippen LogP contribution in [-0.4, -0.2) is 14.1 Å². The van der Waals surface area contributed by atoms with Gasteiger partial charge in [-0.05, 0) is 37.5 Å². The smallest absolute Gasteiger partial charge is 0.263 e. The molecule has 7 aromatic rings. The molecule has 0 aliphatic heterocycles.